The molecule has 5 nitrogen and oxygen atoms in total. The number of carbonyl (C=O) groups excluding carboxylic acids is 2. The van der Waals surface area contributed by atoms with Gasteiger partial charge in [0.1, 0.15) is 0 Å². The summed E-state index contributed by atoms with van der Waals surface area (Å²) in [6.07, 6.45) is 3.04. The molecule has 1 heterocycles. The Bertz CT molecular complexity index is 773. The lowest BCUT2D eigenvalue weighted by Crippen LogP contribution is -2.35. The van der Waals surface area contributed by atoms with Crippen LogP contribution in [0.3, 0.4) is 0 Å². The highest BCUT2D eigenvalue weighted by Gasteiger charge is 2.21. The van der Waals surface area contributed by atoms with E-state index in [9.17, 15) is 9.59 Å². The molecule has 0 aliphatic carbocycles. The molecule has 0 saturated heterocycles. The average Bonchev–Trinajstić information content (AvgIpc) is 2.84. The van der Waals surface area contributed by atoms with E-state index >= 15 is 0 Å². The Kier molecular flexibility index (Phi) is 5.33. The van der Waals surface area contributed by atoms with Crippen molar-refractivity contribution < 1.29 is 9.59 Å². The monoisotopic (exact) mass is 337 g/mol. The highest BCUT2D eigenvalue weighted by atomic mass is 16.2. The summed E-state index contributed by atoms with van der Waals surface area (Å²) in [6, 6.07) is 14.9. The lowest BCUT2D eigenvalue weighted by atomic mass is 10.1. The van der Waals surface area contributed by atoms with Crippen LogP contribution in [0.4, 0.5) is 16.2 Å². The van der Waals surface area contributed by atoms with Gasteiger partial charge in [-0.1, -0.05) is 24.3 Å². The first-order chi connectivity index (χ1) is 12.2. The van der Waals surface area contributed by atoms with E-state index in [1.807, 2.05) is 25.1 Å². The van der Waals surface area contributed by atoms with Crippen LogP contribution in [-0.4, -0.2) is 25.0 Å². The van der Waals surface area contributed by atoms with Gasteiger partial charge >= 0.3 is 6.03 Å². The topological polar surface area (TPSA) is 61.4 Å². The molecule has 0 fully saturated rings. The van der Waals surface area contributed by atoms with E-state index in [1.165, 1.54) is 5.56 Å². The molecule has 0 atom stereocenters. The molecule has 3 rings (SSSR count). The summed E-state index contributed by atoms with van der Waals surface area (Å²) < 4.78 is 0. The van der Waals surface area contributed by atoms with Gasteiger partial charge in [0, 0.05) is 30.0 Å². The van der Waals surface area contributed by atoms with Gasteiger partial charge in [-0.25, -0.2) is 4.79 Å². The van der Waals surface area contributed by atoms with E-state index < -0.39 is 0 Å². The van der Waals surface area contributed by atoms with Crippen LogP contribution in [0.5, 0.6) is 0 Å². The molecule has 0 spiro atoms. The lowest BCUT2D eigenvalue weighted by molar-refractivity contribution is 0.0956. The summed E-state index contributed by atoms with van der Waals surface area (Å²) >= 11 is 0. The van der Waals surface area contributed by atoms with Crippen molar-refractivity contribution in [2.24, 2.45) is 0 Å². The molecule has 0 aromatic heterocycles. The number of amides is 3. The summed E-state index contributed by atoms with van der Waals surface area (Å²) in [5.41, 5.74) is 3.33. The van der Waals surface area contributed by atoms with E-state index in [2.05, 4.69) is 16.7 Å². The third-order valence-corrected chi connectivity index (χ3v) is 4.32. The van der Waals surface area contributed by atoms with Crippen molar-refractivity contribution in [2.75, 3.05) is 23.3 Å². The Morgan fingerprint density at radius 2 is 1.92 bits per heavy atom. The van der Waals surface area contributed by atoms with Gasteiger partial charge in [0.05, 0.1) is 0 Å². The molecule has 2 aromatic carbocycles. The van der Waals surface area contributed by atoms with Crippen LogP contribution in [0.1, 0.15) is 35.7 Å². The van der Waals surface area contributed by atoms with Gasteiger partial charge in [0.15, 0.2) is 0 Å². The standard InChI is InChI=1S/C20H23N3O2/c1-2-21-19(24)16-10-7-11-17(14-16)22-20(25)23-13-6-5-9-15-8-3-4-12-18(15)23/h3-4,7-8,10-12,14H,2,5-6,9,13H2,1H3,(H,21,24)(H,22,25). The fraction of sp³-hybridized carbons (Fsp3) is 0.300. The maximum atomic E-state index is 12.8. The number of hydrogen-bond acceptors (Lipinski definition) is 2. The Balaban J connectivity index is 1.78. The number of urea groups is 1. The molecule has 2 N–H and O–H groups in total. The zero-order valence-corrected chi connectivity index (χ0v) is 14.4. The van der Waals surface area contributed by atoms with Crippen molar-refractivity contribution in [1.29, 1.82) is 0 Å². The summed E-state index contributed by atoms with van der Waals surface area (Å²) in [5.74, 6) is -0.140. The highest BCUT2D eigenvalue weighted by Crippen LogP contribution is 2.26. The second kappa shape index (κ2) is 7.83. The first-order valence-electron chi connectivity index (χ1n) is 8.73. The number of para-hydroxylation sites is 1. The summed E-state index contributed by atoms with van der Waals surface area (Å²) in [5, 5.41) is 5.69. The third-order valence-electron chi connectivity index (χ3n) is 4.32. The molecule has 130 valence electrons. The fourth-order valence-corrected chi connectivity index (χ4v) is 3.09. The van der Waals surface area contributed by atoms with E-state index in [4.69, 9.17) is 0 Å². The van der Waals surface area contributed by atoms with Crippen molar-refractivity contribution in [2.45, 2.75) is 26.2 Å². The van der Waals surface area contributed by atoms with Gasteiger partial charge in [-0.15, -0.1) is 0 Å². The Morgan fingerprint density at radius 1 is 1.08 bits per heavy atom. The first kappa shape index (κ1) is 17.0. The van der Waals surface area contributed by atoms with Crippen molar-refractivity contribution >= 4 is 23.3 Å². The number of nitrogens with zero attached hydrogens (tertiary/aromatic N) is 1. The van der Waals surface area contributed by atoms with Gasteiger partial charge in [-0.2, -0.15) is 0 Å². The van der Waals surface area contributed by atoms with Crippen molar-refractivity contribution in [1.82, 2.24) is 5.32 Å². The Labute approximate surface area is 148 Å². The van der Waals surface area contributed by atoms with Crippen LogP contribution in [0.25, 0.3) is 0 Å². The van der Waals surface area contributed by atoms with Crippen LogP contribution in [0, 0.1) is 0 Å². The number of anilines is 2. The Hall–Kier alpha value is -2.82. The maximum absolute atomic E-state index is 12.8. The highest BCUT2D eigenvalue weighted by molar-refractivity contribution is 6.03. The van der Waals surface area contributed by atoms with Gasteiger partial charge in [-0.05, 0) is 56.0 Å². The molecule has 25 heavy (non-hydrogen) atoms. The molecule has 0 unspecified atom stereocenters. The molecule has 5 heteroatoms. The summed E-state index contributed by atoms with van der Waals surface area (Å²) in [6.45, 7) is 3.14. The van der Waals surface area contributed by atoms with Gasteiger partial charge < -0.3 is 10.6 Å². The normalized spacial score (nSPS) is 13.6. The number of carbonyl (C=O) groups is 2. The average molecular weight is 337 g/mol. The fourth-order valence-electron chi connectivity index (χ4n) is 3.09. The molecule has 1 aliphatic rings. The minimum Gasteiger partial charge on any atom is -0.352 e. The van der Waals surface area contributed by atoms with Crippen LogP contribution in [-0.2, 0) is 6.42 Å². The smallest absolute Gasteiger partial charge is 0.326 e. The quantitative estimate of drug-likeness (QED) is 0.894. The largest absolute Gasteiger partial charge is 0.352 e. The van der Waals surface area contributed by atoms with Gasteiger partial charge in [0.2, 0.25) is 0 Å². The summed E-state index contributed by atoms with van der Waals surface area (Å²) in [4.78, 5) is 26.6. The second-order valence-electron chi connectivity index (χ2n) is 6.11. The minimum absolute atomic E-state index is 0.140. The van der Waals surface area contributed by atoms with Gasteiger partial charge in [0.25, 0.3) is 5.91 Å². The van der Waals surface area contributed by atoms with Gasteiger partial charge in [-0.3, -0.25) is 9.69 Å². The van der Waals surface area contributed by atoms with Crippen molar-refractivity contribution in [3.63, 3.8) is 0 Å². The van der Waals surface area contributed by atoms with Crippen molar-refractivity contribution in [3.05, 3.63) is 59.7 Å². The van der Waals surface area contributed by atoms with E-state index in [-0.39, 0.29) is 11.9 Å². The van der Waals surface area contributed by atoms with E-state index in [0.717, 1.165) is 24.9 Å². The zero-order chi connectivity index (χ0) is 17.6. The number of hydrogen-bond donors (Lipinski definition) is 2. The molecule has 1 aliphatic heterocycles. The van der Waals surface area contributed by atoms with Crippen molar-refractivity contribution in [3.8, 4) is 0 Å². The number of nitrogens with one attached hydrogen (secondary N) is 2. The summed E-state index contributed by atoms with van der Waals surface area (Å²) in [7, 11) is 0. The van der Waals surface area contributed by atoms with E-state index in [1.54, 1.807) is 29.2 Å². The molecular formula is C20H23N3O2. The predicted molar refractivity (Wildman–Crippen MR) is 100 cm³/mol. The van der Waals surface area contributed by atoms with Crippen LogP contribution < -0.4 is 15.5 Å². The first-order valence-corrected chi connectivity index (χ1v) is 8.73. The van der Waals surface area contributed by atoms with Crippen LogP contribution >= 0.6 is 0 Å². The second-order valence-corrected chi connectivity index (χ2v) is 6.11. The number of benzene rings is 2. The third kappa shape index (κ3) is 3.99. The molecule has 3 amide bonds. The molecule has 2 aromatic rings. The molecule has 0 saturated carbocycles. The SMILES string of the molecule is CCNC(=O)c1cccc(NC(=O)N2CCCCc3ccccc32)c1. The maximum Gasteiger partial charge on any atom is 0.326 e. The number of rotatable bonds is 3. The molecule has 0 bridgehead atoms. The number of fused-ring (bicyclic) bond motifs is 1. The minimum atomic E-state index is -0.164. The zero-order valence-electron chi connectivity index (χ0n) is 14.4. The number of aryl methyl sites for hydroxylation is 1. The molecule has 0 radical (unpaired) electrons. The molecular weight excluding hydrogens is 314 g/mol. The lowest BCUT2D eigenvalue weighted by Gasteiger charge is -2.23. The van der Waals surface area contributed by atoms with Crippen LogP contribution in [0.15, 0.2) is 48.5 Å². The van der Waals surface area contributed by atoms with E-state index in [0.29, 0.717) is 24.3 Å². The Morgan fingerprint density at radius 3 is 2.76 bits per heavy atom. The van der Waals surface area contributed by atoms with Crippen LogP contribution in [0.2, 0.25) is 0 Å². The predicted octanol–water partition coefficient (Wildman–Crippen LogP) is 3.81.